The Kier molecular flexibility index (Phi) is 6.82. The van der Waals surface area contributed by atoms with Gasteiger partial charge in [-0.2, -0.15) is 22.0 Å². The molecule has 0 aliphatic rings. The predicted molar refractivity (Wildman–Crippen MR) is 110 cm³/mol. The second kappa shape index (κ2) is 9.72. The first-order chi connectivity index (χ1) is 17.4. The maximum absolute atomic E-state index is 15.7. The lowest BCUT2D eigenvalue weighted by Gasteiger charge is -2.35. The zero-order valence-corrected chi connectivity index (χ0v) is 18.4. The number of pyridine rings is 2. The maximum Gasteiger partial charge on any atom is 0.417 e. The number of hydrogen-bond acceptors (Lipinski definition) is 7. The molecule has 0 bridgehead atoms. The first kappa shape index (κ1) is 25.9. The van der Waals surface area contributed by atoms with Crippen molar-refractivity contribution in [1.82, 2.24) is 30.2 Å². The fourth-order valence-corrected chi connectivity index (χ4v) is 3.36. The van der Waals surface area contributed by atoms with Crippen LogP contribution in [0.2, 0.25) is 0 Å². The summed E-state index contributed by atoms with van der Waals surface area (Å²) >= 11 is 0. The Morgan fingerprint density at radius 3 is 2.27 bits per heavy atom. The third kappa shape index (κ3) is 5.35. The van der Waals surface area contributed by atoms with Crippen LogP contribution in [0.5, 0.6) is 5.75 Å². The third-order valence-electron chi connectivity index (χ3n) is 5.28. The van der Waals surface area contributed by atoms with Crippen molar-refractivity contribution in [3.8, 4) is 5.75 Å². The van der Waals surface area contributed by atoms with Gasteiger partial charge in [-0.1, -0.05) is 0 Å². The largest absolute Gasteiger partial charge is 0.486 e. The van der Waals surface area contributed by atoms with E-state index in [0.29, 0.717) is 24.4 Å². The molecular formula is C22H15F7N6O2. The van der Waals surface area contributed by atoms with E-state index in [4.69, 9.17) is 4.74 Å². The molecule has 1 N–H and O–H groups in total. The molecule has 1 unspecified atom stereocenters. The summed E-state index contributed by atoms with van der Waals surface area (Å²) in [5.41, 5.74) is -6.04. The van der Waals surface area contributed by atoms with E-state index in [1.54, 1.807) is 0 Å². The van der Waals surface area contributed by atoms with Gasteiger partial charge in [0, 0.05) is 17.8 Å². The summed E-state index contributed by atoms with van der Waals surface area (Å²) in [6, 6.07) is 5.51. The van der Waals surface area contributed by atoms with Crippen LogP contribution in [-0.4, -0.2) is 35.3 Å². The van der Waals surface area contributed by atoms with E-state index < -0.39 is 52.7 Å². The second-order valence-electron chi connectivity index (χ2n) is 7.77. The van der Waals surface area contributed by atoms with Crippen molar-refractivity contribution in [3.05, 3.63) is 95.3 Å². The molecule has 1 aromatic carbocycles. The zero-order valence-electron chi connectivity index (χ0n) is 18.4. The molecule has 8 nitrogen and oxygen atoms in total. The van der Waals surface area contributed by atoms with Crippen molar-refractivity contribution < 1.29 is 40.6 Å². The number of nitrogens with zero attached hydrogens (tertiary/aromatic N) is 6. The molecule has 1 atom stereocenters. The van der Waals surface area contributed by atoms with E-state index in [-0.39, 0.29) is 18.1 Å². The van der Waals surface area contributed by atoms with Gasteiger partial charge in [0.05, 0.1) is 24.0 Å². The smallest absolute Gasteiger partial charge is 0.417 e. The molecule has 0 radical (unpaired) electrons. The van der Waals surface area contributed by atoms with Crippen molar-refractivity contribution in [2.45, 2.75) is 30.9 Å². The Bertz CT molecular complexity index is 1350. The molecule has 37 heavy (non-hydrogen) atoms. The molecule has 3 heterocycles. The first-order valence-corrected chi connectivity index (χ1v) is 10.3. The lowest BCUT2D eigenvalue weighted by molar-refractivity contribution is -0.207. The summed E-state index contributed by atoms with van der Waals surface area (Å²) in [7, 11) is 0. The van der Waals surface area contributed by atoms with Crippen molar-refractivity contribution in [2.24, 2.45) is 0 Å². The van der Waals surface area contributed by atoms with Crippen LogP contribution >= 0.6 is 0 Å². The molecule has 0 amide bonds. The normalized spacial score (nSPS) is 13.8. The van der Waals surface area contributed by atoms with E-state index in [0.717, 1.165) is 41.5 Å². The minimum absolute atomic E-state index is 0.0433. The van der Waals surface area contributed by atoms with Crippen LogP contribution in [0, 0.1) is 11.6 Å². The number of aliphatic hydroxyl groups is 1. The molecule has 194 valence electrons. The SMILES string of the molecule is OC(Cn1cnnn1)(c1ccc(F)cc1F)C(F)(F)c1ccc(OCc2ccc(C(F)(F)F)cn2)cn1. The van der Waals surface area contributed by atoms with E-state index >= 15 is 8.78 Å². The monoisotopic (exact) mass is 528 g/mol. The summed E-state index contributed by atoms with van der Waals surface area (Å²) < 4.78 is 103. The van der Waals surface area contributed by atoms with E-state index in [2.05, 4.69) is 25.5 Å². The molecule has 0 spiro atoms. The number of alkyl halides is 5. The number of hydrogen-bond donors (Lipinski definition) is 1. The lowest BCUT2D eigenvalue weighted by atomic mass is 9.84. The van der Waals surface area contributed by atoms with Crippen molar-refractivity contribution >= 4 is 0 Å². The average molecular weight is 528 g/mol. The Morgan fingerprint density at radius 1 is 0.919 bits per heavy atom. The highest BCUT2D eigenvalue weighted by Crippen LogP contribution is 2.46. The molecule has 15 heteroatoms. The quantitative estimate of drug-likeness (QED) is 0.345. The molecule has 4 rings (SSSR count). The van der Waals surface area contributed by atoms with Crippen LogP contribution in [0.1, 0.15) is 22.5 Å². The highest BCUT2D eigenvalue weighted by atomic mass is 19.4. The number of halogens is 7. The Hall–Kier alpha value is -4.14. The number of ether oxygens (including phenoxy) is 1. The van der Waals surface area contributed by atoms with Crippen molar-refractivity contribution in [1.29, 1.82) is 0 Å². The van der Waals surface area contributed by atoms with Crippen molar-refractivity contribution in [2.75, 3.05) is 0 Å². The van der Waals surface area contributed by atoms with Gasteiger partial charge in [0.1, 0.15) is 36.0 Å². The summed E-state index contributed by atoms with van der Waals surface area (Å²) in [5, 5.41) is 21.1. The standard InChI is InChI=1S/C22H15F7N6O2/c23-14-2-5-17(18(24)7-14)20(36,11-35-12-32-33-34-35)21(25,26)19-6-4-16(9-31-19)37-10-15-3-1-13(8-30-15)22(27,28)29/h1-9,12,36H,10-11H2. The van der Waals surface area contributed by atoms with Gasteiger partial charge in [-0.25, -0.2) is 13.5 Å². The minimum atomic E-state index is -4.55. The van der Waals surface area contributed by atoms with Gasteiger partial charge in [0.2, 0.25) is 0 Å². The van der Waals surface area contributed by atoms with Crippen LogP contribution in [0.25, 0.3) is 0 Å². The van der Waals surface area contributed by atoms with E-state index in [1.807, 2.05) is 0 Å². The Balaban J connectivity index is 1.58. The van der Waals surface area contributed by atoms with E-state index in [1.165, 1.54) is 0 Å². The predicted octanol–water partition coefficient (Wildman–Crippen LogP) is 4.02. The van der Waals surface area contributed by atoms with Crippen LogP contribution in [0.4, 0.5) is 30.7 Å². The summed E-state index contributed by atoms with van der Waals surface area (Å²) in [6.07, 6.45) is -2.13. The third-order valence-corrected chi connectivity index (χ3v) is 5.28. The first-order valence-electron chi connectivity index (χ1n) is 10.3. The summed E-state index contributed by atoms with van der Waals surface area (Å²) in [6.45, 7) is -1.31. The lowest BCUT2D eigenvalue weighted by Crippen LogP contribution is -2.48. The fourth-order valence-electron chi connectivity index (χ4n) is 3.36. The highest BCUT2D eigenvalue weighted by Gasteiger charge is 2.58. The van der Waals surface area contributed by atoms with Crippen LogP contribution in [0.15, 0.2) is 61.2 Å². The fraction of sp³-hybridized carbons (Fsp3) is 0.227. The van der Waals surface area contributed by atoms with Crippen LogP contribution in [-0.2, 0) is 30.9 Å². The number of benzene rings is 1. The van der Waals surface area contributed by atoms with Crippen LogP contribution in [0.3, 0.4) is 0 Å². The van der Waals surface area contributed by atoms with Gasteiger partial charge in [0.25, 0.3) is 0 Å². The molecule has 0 aliphatic heterocycles. The van der Waals surface area contributed by atoms with Crippen LogP contribution < -0.4 is 4.74 Å². The molecular weight excluding hydrogens is 513 g/mol. The summed E-state index contributed by atoms with van der Waals surface area (Å²) in [5.74, 6) is -6.78. The maximum atomic E-state index is 15.7. The zero-order chi connectivity index (χ0) is 26.8. The van der Waals surface area contributed by atoms with Gasteiger partial charge in [-0.15, -0.1) is 5.10 Å². The minimum Gasteiger partial charge on any atom is -0.486 e. The Morgan fingerprint density at radius 2 is 1.70 bits per heavy atom. The van der Waals surface area contributed by atoms with E-state index in [9.17, 15) is 27.1 Å². The Labute approximate surface area is 203 Å². The van der Waals surface area contributed by atoms with Gasteiger partial charge >= 0.3 is 12.1 Å². The molecule has 3 aromatic heterocycles. The number of rotatable bonds is 8. The van der Waals surface area contributed by atoms with Gasteiger partial charge in [-0.05, 0) is 46.8 Å². The average Bonchev–Trinajstić information content (AvgIpc) is 3.35. The summed E-state index contributed by atoms with van der Waals surface area (Å²) in [4.78, 5) is 7.25. The number of tetrazole rings is 1. The topological polar surface area (TPSA) is 98.8 Å². The van der Waals surface area contributed by atoms with Gasteiger partial charge in [0.15, 0.2) is 5.60 Å². The molecule has 0 fully saturated rings. The van der Waals surface area contributed by atoms with Crippen molar-refractivity contribution in [3.63, 3.8) is 0 Å². The second-order valence-corrected chi connectivity index (χ2v) is 7.77. The van der Waals surface area contributed by atoms with Gasteiger partial charge < -0.3 is 9.84 Å². The molecule has 4 aromatic rings. The molecule has 0 saturated carbocycles. The molecule has 0 aliphatic carbocycles. The van der Waals surface area contributed by atoms with Gasteiger partial charge in [-0.3, -0.25) is 9.97 Å². The molecule has 0 saturated heterocycles. The highest BCUT2D eigenvalue weighted by molar-refractivity contribution is 5.32. The number of aromatic nitrogens is 6.